The maximum atomic E-state index is 6.16. The molecule has 1 saturated heterocycles. The maximum absolute atomic E-state index is 6.16. The lowest BCUT2D eigenvalue weighted by Crippen LogP contribution is -2.04. The summed E-state index contributed by atoms with van der Waals surface area (Å²) in [6, 6.07) is 17.3. The lowest BCUT2D eigenvalue weighted by atomic mass is 10.0. The quantitative estimate of drug-likeness (QED) is 0.381. The Kier molecular flexibility index (Phi) is 3.68. The lowest BCUT2D eigenvalue weighted by molar-refractivity contribution is 0.267. The van der Waals surface area contributed by atoms with Crippen molar-refractivity contribution in [2.75, 3.05) is 19.0 Å². The van der Waals surface area contributed by atoms with E-state index in [0.717, 1.165) is 18.1 Å². The number of fused-ring (bicyclic) bond motifs is 2. The fraction of sp³-hybridized carbons (Fsp3) is 0.263. The molecule has 3 heteroatoms. The van der Waals surface area contributed by atoms with Gasteiger partial charge in [0.05, 0.1) is 6.61 Å². The van der Waals surface area contributed by atoms with Crippen LogP contribution >= 0.6 is 11.8 Å². The van der Waals surface area contributed by atoms with Crippen molar-refractivity contribution in [1.82, 2.24) is 0 Å². The van der Waals surface area contributed by atoms with Gasteiger partial charge in [0.1, 0.15) is 18.5 Å². The number of thioether (sulfide) groups is 1. The zero-order valence-corrected chi connectivity index (χ0v) is 13.4. The average Bonchev–Trinajstić information content (AvgIpc) is 3.36. The molecule has 1 fully saturated rings. The van der Waals surface area contributed by atoms with Gasteiger partial charge in [-0.3, -0.25) is 0 Å². The van der Waals surface area contributed by atoms with Crippen LogP contribution in [0.4, 0.5) is 0 Å². The van der Waals surface area contributed by atoms with Crippen molar-refractivity contribution in [3.8, 4) is 5.75 Å². The highest BCUT2D eigenvalue weighted by Crippen LogP contribution is 2.37. The molecule has 3 aromatic carbocycles. The van der Waals surface area contributed by atoms with E-state index in [2.05, 4.69) is 55.5 Å². The Balaban J connectivity index is 1.90. The Hall–Kier alpha value is -1.71. The third-order valence-corrected chi connectivity index (χ3v) is 4.79. The fourth-order valence-electron chi connectivity index (χ4n) is 2.75. The van der Waals surface area contributed by atoms with Crippen LogP contribution in [-0.4, -0.2) is 25.1 Å². The van der Waals surface area contributed by atoms with Crippen molar-refractivity contribution in [2.45, 2.75) is 17.9 Å². The van der Waals surface area contributed by atoms with Gasteiger partial charge in [0, 0.05) is 15.7 Å². The molecule has 0 N–H and O–H groups in total. The molecular weight excluding hydrogens is 292 g/mol. The highest BCUT2D eigenvalue weighted by Gasteiger charge is 2.24. The SMILES string of the molecule is CCSc1ccc2cc3ccccc3c(OCC3CO3)c2c1. The van der Waals surface area contributed by atoms with Crippen LogP contribution < -0.4 is 4.74 Å². The minimum Gasteiger partial charge on any atom is -0.489 e. The van der Waals surface area contributed by atoms with Gasteiger partial charge < -0.3 is 9.47 Å². The Morgan fingerprint density at radius 2 is 1.91 bits per heavy atom. The zero-order valence-electron chi connectivity index (χ0n) is 12.5. The van der Waals surface area contributed by atoms with Crippen LogP contribution in [0.3, 0.4) is 0 Å². The van der Waals surface area contributed by atoms with Gasteiger partial charge in [-0.05, 0) is 34.7 Å². The van der Waals surface area contributed by atoms with E-state index in [1.54, 1.807) is 0 Å². The molecule has 2 nitrogen and oxygen atoms in total. The summed E-state index contributed by atoms with van der Waals surface area (Å²) in [5.41, 5.74) is 0. The summed E-state index contributed by atoms with van der Waals surface area (Å²) < 4.78 is 11.4. The van der Waals surface area contributed by atoms with E-state index in [1.165, 1.54) is 26.4 Å². The van der Waals surface area contributed by atoms with Crippen LogP contribution in [0.25, 0.3) is 21.5 Å². The van der Waals surface area contributed by atoms with Crippen molar-refractivity contribution in [1.29, 1.82) is 0 Å². The molecule has 0 amide bonds. The lowest BCUT2D eigenvalue weighted by Gasteiger charge is -2.13. The smallest absolute Gasteiger partial charge is 0.135 e. The van der Waals surface area contributed by atoms with Gasteiger partial charge in [-0.15, -0.1) is 11.8 Å². The Morgan fingerprint density at radius 3 is 2.73 bits per heavy atom. The second kappa shape index (κ2) is 5.82. The number of hydrogen-bond donors (Lipinski definition) is 0. The summed E-state index contributed by atoms with van der Waals surface area (Å²) in [6.07, 6.45) is 0.266. The van der Waals surface area contributed by atoms with E-state index in [1.807, 2.05) is 11.8 Å². The standard InChI is InChI=1S/C19H18O2S/c1-2-22-16-8-7-14-9-13-5-3-4-6-17(13)19(18(14)10-16)21-12-15-11-20-15/h3-10,15H,2,11-12H2,1H3. The first-order valence-corrected chi connectivity index (χ1v) is 8.66. The Bertz CT molecular complexity index is 824. The fourth-order valence-corrected chi connectivity index (χ4v) is 3.45. The van der Waals surface area contributed by atoms with Crippen LogP contribution in [-0.2, 0) is 4.74 Å². The molecule has 3 aromatic rings. The van der Waals surface area contributed by atoms with E-state index in [9.17, 15) is 0 Å². The van der Waals surface area contributed by atoms with Crippen molar-refractivity contribution >= 4 is 33.3 Å². The minimum atomic E-state index is 0.266. The molecular formula is C19H18O2S. The number of epoxide rings is 1. The van der Waals surface area contributed by atoms with Crippen LogP contribution in [0.2, 0.25) is 0 Å². The molecule has 0 aliphatic carbocycles. The molecule has 1 unspecified atom stereocenters. The number of ether oxygens (including phenoxy) is 2. The summed E-state index contributed by atoms with van der Waals surface area (Å²) in [4.78, 5) is 1.29. The highest BCUT2D eigenvalue weighted by molar-refractivity contribution is 7.99. The average molecular weight is 310 g/mol. The molecule has 1 heterocycles. The van der Waals surface area contributed by atoms with Gasteiger partial charge >= 0.3 is 0 Å². The zero-order chi connectivity index (χ0) is 14.9. The van der Waals surface area contributed by atoms with E-state index in [4.69, 9.17) is 9.47 Å². The first-order valence-electron chi connectivity index (χ1n) is 7.68. The predicted molar refractivity (Wildman–Crippen MR) is 93.1 cm³/mol. The van der Waals surface area contributed by atoms with Crippen LogP contribution in [0.5, 0.6) is 5.75 Å². The molecule has 1 aliphatic heterocycles. The summed E-state index contributed by atoms with van der Waals surface area (Å²) in [5.74, 6) is 2.06. The molecule has 1 aliphatic rings. The van der Waals surface area contributed by atoms with Crippen LogP contribution in [0, 0.1) is 0 Å². The highest BCUT2D eigenvalue weighted by atomic mass is 32.2. The van der Waals surface area contributed by atoms with Gasteiger partial charge in [-0.2, -0.15) is 0 Å². The normalized spacial score (nSPS) is 17.0. The van der Waals surface area contributed by atoms with Crippen LogP contribution in [0.1, 0.15) is 6.92 Å². The van der Waals surface area contributed by atoms with Gasteiger partial charge in [0.15, 0.2) is 0 Å². The van der Waals surface area contributed by atoms with Gasteiger partial charge in [0.2, 0.25) is 0 Å². The monoisotopic (exact) mass is 310 g/mol. The topological polar surface area (TPSA) is 21.8 Å². The number of rotatable bonds is 5. The van der Waals surface area contributed by atoms with E-state index in [0.29, 0.717) is 6.61 Å². The minimum absolute atomic E-state index is 0.266. The second-order valence-corrected chi connectivity index (χ2v) is 6.85. The summed E-state index contributed by atoms with van der Waals surface area (Å²) in [5, 5.41) is 4.82. The molecule has 0 spiro atoms. The first kappa shape index (κ1) is 13.9. The van der Waals surface area contributed by atoms with Gasteiger partial charge in [-0.25, -0.2) is 0 Å². The molecule has 0 bridgehead atoms. The summed E-state index contributed by atoms with van der Waals surface area (Å²) in [6.45, 7) is 3.63. The van der Waals surface area contributed by atoms with Crippen molar-refractivity contribution in [3.63, 3.8) is 0 Å². The third-order valence-electron chi connectivity index (χ3n) is 3.91. The van der Waals surface area contributed by atoms with Gasteiger partial charge in [-0.1, -0.05) is 37.3 Å². The van der Waals surface area contributed by atoms with Crippen molar-refractivity contribution < 1.29 is 9.47 Å². The molecule has 4 rings (SSSR count). The predicted octanol–water partition coefficient (Wildman–Crippen LogP) is 4.88. The van der Waals surface area contributed by atoms with Gasteiger partial charge in [0.25, 0.3) is 0 Å². The summed E-state index contributed by atoms with van der Waals surface area (Å²) >= 11 is 1.86. The second-order valence-electron chi connectivity index (χ2n) is 5.51. The summed E-state index contributed by atoms with van der Waals surface area (Å²) in [7, 11) is 0. The van der Waals surface area contributed by atoms with Crippen molar-refractivity contribution in [3.05, 3.63) is 48.5 Å². The Morgan fingerprint density at radius 1 is 1.09 bits per heavy atom. The molecule has 0 aromatic heterocycles. The molecule has 0 saturated carbocycles. The molecule has 1 atom stereocenters. The number of benzene rings is 3. The van der Waals surface area contributed by atoms with E-state index < -0.39 is 0 Å². The molecule has 0 radical (unpaired) electrons. The number of hydrogen-bond acceptors (Lipinski definition) is 3. The first-order chi connectivity index (χ1) is 10.8. The Labute approximate surface area is 134 Å². The van der Waals surface area contributed by atoms with E-state index >= 15 is 0 Å². The van der Waals surface area contributed by atoms with Crippen LogP contribution in [0.15, 0.2) is 53.4 Å². The molecule has 112 valence electrons. The van der Waals surface area contributed by atoms with Crippen molar-refractivity contribution in [2.24, 2.45) is 0 Å². The third kappa shape index (κ3) is 2.67. The van der Waals surface area contributed by atoms with E-state index in [-0.39, 0.29) is 6.10 Å². The largest absolute Gasteiger partial charge is 0.489 e. The maximum Gasteiger partial charge on any atom is 0.135 e. The molecule has 22 heavy (non-hydrogen) atoms.